The SMILES string of the molecule is CC(C)(C)OC(=O)N[C@H](CC(=O)O)c1ccc(F)cc1Cl. The van der Waals surface area contributed by atoms with Gasteiger partial charge in [-0.2, -0.15) is 0 Å². The molecule has 5 nitrogen and oxygen atoms in total. The maximum Gasteiger partial charge on any atom is 0.408 e. The molecule has 0 fully saturated rings. The highest BCUT2D eigenvalue weighted by atomic mass is 35.5. The predicted octanol–water partition coefficient (Wildman–Crippen LogP) is 3.52. The number of carboxylic acid groups (broad SMARTS) is 1. The van der Waals surface area contributed by atoms with E-state index in [4.69, 9.17) is 21.4 Å². The Morgan fingerprint density at radius 2 is 2.05 bits per heavy atom. The first-order valence-corrected chi connectivity index (χ1v) is 6.62. The van der Waals surface area contributed by atoms with Crippen molar-refractivity contribution in [2.45, 2.75) is 38.8 Å². The second kappa shape index (κ2) is 6.76. The van der Waals surface area contributed by atoms with E-state index in [1.54, 1.807) is 20.8 Å². The third-order valence-corrected chi connectivity index (χ3v) is 2.73. The zero-order chi connectivity index (χ0) is 16.2. The number of carboxylic acids is 1. The summed E-state index contributed by atoms with van der Waals surface area (Å²) in [7, 11) is 0. The summed E-state index contributed by atoms with van der Waals surface area (Å²) in [6.45, 7) is 5.05. The number of halogens is 2. The standard InChI is InChI=1S/C14H17ClFNO4/c1-14(2,3)21-13(20)17-11(7-12(18)19)9-5-4-8(16)6-10(9)15/h4-6,11H,7H2,1-3H3,(H,17,20)(H,18,19)/t11-/m1/s1. The molecule has 0 aliphatic carbocycles. The third kappa shape index (κ3) is 5.99. The molecule has 0 heterocycles. The van der Waals surface area contributed by atoms with Crippen molar-refractivity contribution < 1.29 is 23.8 Å². The number of aliphatic carboxylic acids is 1. The van der Waals surface area contributed by atoms with Gasteiger partial charge in [0.05, 0.1) is 12.5 Å². The monoisotopic (exact) mass is 317 g/mol. The molecule has 0 aliphatic rings. The van der Waals surface area contributed by atoms with Crippen LogP contribution >= 0.6 is 11.6 Å². The molecule has 0 bridgehead atoms. The Kier molecular flexibility index (Phi) is 5.54. The number of nitrogens with one attached hydrogen (secondary N) is 1. The number of hydrogen-bond donors (Lipinski definition) is 2. The second-order valence-electron chi connectivity index (χ2n) is 5.46. The van der Waals surface area contributed by atoms with Crippen molar-refractivity contribution in [1.29, 1.82) is 0 Å². The highest BCUT2D eigenvalue weighted by molar-refractivity contribution is 6.31. The average Bonchev–Trinajstić information content (AvgIpc) is 2.24. The van der Waals surface area contributed by atoms with Gasteiger partial charge < -0.3 is 15.2 Å². The number of ether oxygens (including phenoxy) is 1. The average molecular weight is 318 g/mol. The molecule has 1 amide bonds. The molecular weight excluding hydrogens is 301 g/mol. The summed E-state index contributed by atoms with van der Waals surface area (Å²) in [5, 5.41) is 11.4. The van der Waals surface area contributed by atoms with Gasteiger partial charge in [-0.05, 0) is 38.5 Å². The molecule has 1 rings (SSSR count). The lowest BCUT2D eigenvalue weighted by Crippen LogP contribution is -2.35. The molecule has 0 saturated carbocycles. The number of benzene rings is 1. The van der Waals surface area contributed by atoms with Crippen LogP contribution in [0.5, 0.6) is 0 Å². The van der Waals surface area contributed by atoms with Crippen LogP contribution in [0.25, 0.3) is 0 Å². The molecule has 0 radical (unpaired) electrons. The van der Waals surface area contributed by atoms with E-state index in [1.807, 2.05) is 0 Å². The lowest BCUT2D eigenvalue weighted by Gasteiger charge is -2.23. The van der Waals surface area contributed by atoms with E-state index >= 15 is 0 Å². The maximum atomic E-state index is 13.0. The molecule has 1 atom stereocenters. The molecule has 7 heteroatoms. The van der Waals surface area contributed by atoms with Crippen molar-refractivity contribution in [3.63, 3.8) is 0 Å². The summed E-state index contributed by atoms with van der Waals surface area (Å²) in [4.78, 5) is 22.7. The van der Waals surface area contributed by atoms with Gasteiger partial charge in [-0.3, -0.25) is 4.79 Å². The summed E-state index contributed by atoms with van der Waals surface area (Å²) in [6, 6.07) is 2.63. The first-order valence-electron chi connectivity index (χ1n) is 6.25. The normalized spacial score (nSPS) is 12.6. The quantitative estimate of drug-likeness (QED) is 0.891. The molecule has 0 aliphatic heterocycles. The Bertz CT molecular complexity index is 542. The molecule has 0 aromatic heterocycles. The van der Waals surface area contributed by atoms with Gasteiger partial charge in [0.25, 0.3) is 0 Å². The molecule has 21 heavy (non-hydrogen) atoms. The van der Waals surface area contributed by atoms with Crippen molar-refractivity contribution in [3.05, 3.63) is 34.6 Å². The number of hydrogen-bond acceptors (Lipinski definition) is 3. The van der Waals surface area contributed by atoms with E-state index in [9.17, 15) is 14.0 Å². The van der Waals surface area contributed by atoms with Gasteiger partial charge in [0.15, 0.2) is 0 Å². The summed E-state index contributed by atoms with van der Waals surface area (Å²) in [5.74, 6) is -1.67. The topological polar surface area (TPSA) is 75.6 Å². The van der Waals surface area contributed by atoms with E-state index in [-0.39, 0.29) is 5.02 Å². The fraction of sp³-hybridized carbons (Fsp3) is 0.429. The zero-order valence-electron chi connectivity index (χ0n) is 11.9. The minimum atomic E-state index is -1.13. The Balaban J connectivity index is 2.95. The number of alkyl carbamates (subject to hydrolysis) is 1. The minimum absolute atomic E-state index is 0.0392. The van der Waals surface area contributed by atoms with Gasteiger partial charge in [-0.1, -0.05) is 17.7 Å². The molecule has 0 spiro atoms. The summed E-state index contributed by atoms with van der Waals surface area (Å²) in [5.41, 5.74) is -0.406. The zero-order valence-corrected chi connectivity index (χ0v) is 12.7. The molecule has 0 saturated heterocycles. The van der Waals surface area contributed by atoms with Crippen LogP contribution in [-0.2, 0) is 9.53 Å². The number of carbonyl (C=O) groups is 2. The lowest BCUT2D eigenvalue weighted by molar-refractivity contribution is -0.137. The van der Waals surface area contributed by atoms with E-state index in [2.05, 4.69) is 5.32 Å². The highest BCUT2D eigenvalue weighted by Crippen LogP contribution is 2.26. The summed E-state index contributed by atoms with van der Waals surface area (Å²) < 4.78 is 18.1. The van der Waals surface area contributed by atoms with Gasteiger partial charge in [0.1, 0.15) is 11.4 Å². The molecule has 116 valence electrons. The van der Waals surface area contributed by atoms with Crippen LogP contribution in [0.2, 0.25) is 5.02 Å². The van der Waals surface area contributed by atoms with Crippen molar-refractivity contribution in [1.82, 2.24) is 5.32 Å². The predicted molar refractivity (Wildman–Crippen MR) is 75.8 cm³/mol. The van der Waals surface area contributed by atoms with Gasteiger partial charge >= 0.3 is 12.1 Å². The fourth-order valence-corrected chi connectivity index (χ4v) is 1.95. The van der Waals surface area contributed by atoms with E-state index in [1.165, 1.54) is 6.07 Å². The van der Waals surface area contributed by atoms with Gasteiger partial charge in [-0.25, -0.2) is 9.18 Å². The van der Waals surface area contributed by atoms with Crippen LogP contribution in [0, 0.1) is 5.82 Å². The molecule has 2 N–H and O–H groups in total. The number of rotatable bonds is 4. The van der Waals surface area contributed by atoms with E-state index in [0.29, 0.717) is 5.56 Å². The maximum absolute atomic E-state index is 13.0. The van der Waals surface area contributed by atoms with E-state index < -0.39 is 35.9 Å². The van der Waals surface area contributed by atoms with Crippen molar-refractivity contribution in [2.24, 2.45) is 0 Å². The first-order chi connectivity index (χ1) is 9.58. The van der Waals surface area contributed by atoms with Crippen LogP contribution in [0.3, 0.4) is 0 Å². The largest absolute Gasteiger partial charge is 0.481 e. The molecule has 0 unspecified atom stereocenters. The molecule has 1 aromatic carbocycles. The molecule has 1 aromatic rings. The van der Waals surface area contributed by atoms with Crippen molar-refractivity contribution in [3.8, 4) is 0 Å². The summed E-state index contributed by atoms with van der Waals surface area (Å²) in [6.07, 6.45) is -1.17. The number of carbonyl (C=O) groups excluding carboxylic acids is 1. The number of amides is 1. The Morgan fingerprint density at radius 3 is 2.52 bits per heavy atom. The highest BCUT2D eigenvalue weighted by Gasteiger charge is 2.24. The van der Waals surface area contributed by atoms with Crippen LogP contribution in [0.4, 0.5) is 9.18 Å². The van der Waals surface area contributed by atoms with Crippen LogP contribution in [-0.4, -0.2) is 22.8 Å². The first kappa shape index (κ1) is 17.2. The Labute approximate surface area is 127 Å². The fourth-order valence-electron chi connectivity index (χ4n) is 1.65. The van der Waals surface area contributed by atoms with Crippen molar-refractivity contribution >= 4 is 23.7 Å². The third-order valence-electron chi connectivity index (χ3n) is 2.41. The smallest absolute Gasteiger partial charge is 0.408 e. The van der Waals surface area contributed by atoms with Crippen LogP contribution in [0.15, 0.2) is 18.2 Å². The minimum Gasteiger partial charge on any atom is -0.481 e. The summed E-state index contributed by atoms with van der Waals surface area (Å²) >= 11 is 5.90. The molecular formula is C14H17ClFNO4. The van der Waals surface area contributed by atoms with Crippen molar-refractivity contribution in [2.75, 3.05) is 0 Å². The van der Waals surface area contributed by atoms with Gasteiger partial charge in [0, 0.05) is 5.02 Å². The lowest BCUT2D eigenvalue weighted by atomic mass is 10.0. The second-order valence-corrected chi connectivity index (χ2v) is 5.87. The van der Waals surface area contributed by atoms with E-state index in [0.717, 1.165) is 12.1 Å². The van der Waals surface area contributed by atoms with Gasteiger partial charge in [-0.15, -0.1) is 0 Å². The Hall–Kier alpha value is -1.82. The van der Waals surface area contributed by atoms with Crippen LogP contribution in [0.1, 0.15) is 38.8 Å². The van der Waals surface area contributed by atoms with Crippen LogP contribution < -0.4 is 5.32 Å². The van der Waals surface area contributed by atoms with Gasteiger partial charge in [0.2, 0.25) is 0 Å². The Morgan fingerprint density at radius 1 is 1.43 bits per heavy atom.